The molecule has 2 heterocycles. The molecule has 1 saturated heterocycles. The first-order valence-electron chi connectivity index (χ1n) is 14.5. The molecule has 0 N–H and O–H groups in total. The number of nitrogens with zero attached hydrogens (tertiary/aromatic N) is 3. The second kappa shape index (κ2) is 12.4. The summed E-state index contributed by atoms with van der Waals surface area (Å²) in [5, 5.41) is 0.969. The number of likely N-dealkylation sites (tertiary alicyclic amines) is 1. The van der Waals surface area contributed by atoms with Crippen LogP contribution in [0.25, 0.3) is 0 Å². The Hall–Kier alpha value is -2.65. The van der Waals surface area contributed by atoms with Gasteiger partial charge in [0.25, 0.3) is 5.91 Å². The van der Waals surface area contributed by atoms with Gasteiger partial charge in [0.1, 0.15) is 5.82 Å². The molecule has 43 heavy (non-hydrogen) atoms. The highest BCUT2D eigenvalue weighted by Crippen LogP contribution is 2.48. The van der Waals surface area contributed by atoms with E-state index in [1.54, 1.807) is 17.0 Å². The second-order valence-corrected chi connectivity index (χ2v) is 15.0. The number of hydrogen-bond donors (Lipinski definition) is 0. The summed E-state index contributed by atoms with van der Waals surface area (Å²) in [5.74, 6) is -0.355. The molecule has 0 bridgehead atoms. The molecular formula is C33H38Cl2FN3O3S. The second-order valence-electron chi connectivity index (χ2n) is 12.3. The van der Waals surface area contributed by atoms with Gasteiger partial charge in [-0.3, -0.25) is 9.10 Å². The summed E-state index contributed by atoms with van der Waals surface area (Å²) in [7, 11) is -1.64. The molecule has 0 aliphatic carbocycles. The summed E-state index contributed by atoms with van der Waals surface area (Å²) in [6.07, 6.45) is 3.46. The number of halogens is 3. The first kappa shape index (κ1) is 31.8. The summed E-state index contributed by atoms with van der Waals surface area (Å²) >= 11 is 12.6. The maximum Gasteiger partial charge on any atom is 0.253 e. The fourth-order valence-corrected chi connectivity index (χ4v) is 8.03. The molecule has 0 radical (unpaired) electrons. The lowest BCUT2D eigenvalue weighted by Crippen LogP contribution is -2.46. The number of hydrogen-bond acceptors (Lipinski definition) is 4. The average Bonchev–Trinajstić information content (AvgIpc) is 3.26. The zero-order valence-corrected chi connectivity index (χ0v) is 27.4. The van der Waals surface area contributed by atoms with Crippen molar-refractivity contribution in [3.63, 3.8) is 0 Å². The van der Waals surface area contributed by atoms with Crippen LogP contribution in [-0.2, 0) is 15.4 Å². The number of carbonyl (C=O) groups is 1. The van der Waals surface area contributed by atoms with Gasteiger partial charge in [-0.05, 0) is 106 Å². The van der Waals surface area contributed by atoms with Crippen molar-refractivity contribution < 1.29 is 17.6 Å². The average molecular weight is 647 g/mol. The Labute approximate surface area is 264 Å². The van der Waals surface area contributed by atoms with Crippen molar-refractivity contribution in [2.75, 3.05) is 50.3 Å². The van der Waals surface area contributed by atoms with Gasteiger partial charge in [-0.25, -0.2) is 12.8 Å². The molecule has 3 aromatic rings. The van der Waals surface area contributed by atoms with Crippen LogP contribution in [0, 0.1) is 19.7 Å². The zero-order chi connectivity index (χ0) is 31.1. The number of benzene rings is 3. The van der Waals surface area contributed by atoms with E-state index in [0.29, 0.717) is 34.4 Å². The minimum absolute atomic E-state index is 0.0209. The summed E-state index contributed by atoms with van der Waals surface area (Å²) in [6.45, 7) is 7.15. The van der Waals surface area contributed by atoms with Crippen LogP contribution in [0.2, 0.25) is 10.0 Å². The Morgan fingerprint density at radius 1 is 1.00 bits per heavy atom. The van der Waals surface area contributed by atoms with Gasteiger partial charge in [0.15, 0.2) is 0 Å². The van der Waals surface area contributed by atoms with Gasteiger partial charge in [-0.1, -0.05) is 46.5 Å². The van der Waals surface area contributed by atoms with E-state index in [9.17, 15) is 17.6 Å². The van der Waals surface area contributed by atoms with Crippen molar-refractivity contribution in [1.29, 1.82) is 0 Å². The highest BCUT2D eigenvalue weighted by molar-refractivity contribution is 7.92. The number of likely N-dealkylation sites (N-methyl/N-ethyl adjacent to an activating group) is 1. The third-order valence-corrected chi connectivity index (χ3v) is 10.8. The number of carbonyl (C=O) groups excluding carboxylic acids is 1. The Bertz CT molecular complexity index is 1620. The minimum atomic E-state index is -3.48. The predicted octanol–water partition coefficient (Wildman–Crippen LogP) is 6.81. The molecule has 3 aromatic carbocycles. The summed E-state index contributed by atoms with van der Waals surface area (Å²) in [5.41, 5.74) is 4.77. The standard InChI is InChI=1S/C33H38Cl2FN3O3S/c1-22-15-23(2)17-26(16-22)32(40)37(3)20-25(24-5-7-29(34)30(35)18-24)9-12-38-13-10-33(11-14-38)21-39(43(4,41)42)31-8-6-27(36)19-28(31)33/h5-8,15-19,25H,9-14,20-21H2,1-4H3. The van der Waals surface area contributed by atoms with Gasteiger partial charge in [0, 0.05) is 37.0 Å². The molecule has 1 amide bonds. The molecule has 10 heteroatoms. The maximum absolute atomic E-state index is 14.3. The van der Waals surface area contributed by atoms with E-state index in [1.807, 2.05) is 45.2 Å². The lowest BCUT2D eigenvalue weighted by Gasteiger charge is -2.40. The fourth-order valence-electron chi connectivity index (χ4n) is 6.72. The molecular weight excluding hydrogens is 608 g/mol. The van der Waals surface area contributed by atoms with Crippen molar-refractivity contribution in [1.82, 2.24) is 9.80 Å². The molecule has 6 nitrogen and oxygen atoms in total. The number of fused-ring (bicyclic) bond motifs is 2. The monoisotopic (exact) mass is 645 g/mol. The summed E-state index contributed by atoms with van der Waals surface area (Å²) < 4.78 is 40.9. The smallest absolute Gasteiger partial charge is 0.253 e. The van der Waals surface area contributed by atoms with Gasteiger partial charge in [0.2, 0.25) is 10.0 Å². The Balaban J connectivity index is 1.30. The van der Waals surface area contributed by atoms with Gasteiger partial charge in [-0.15, -0.1) is 0 Å². The van der Waals surface area contributed by atoms with E-state index in [1.165, 1.54) is 22.7 Å². The molecule has 5 rings (SSSR count). The normalized spacial score (nSPS) is 17.2. The third-order valence-electron chi connectivity index (χ3n) is 8.98. The minimum Gasteiger partial charge on any atom is -0.341 e. The molecule has 1 spiro atoms. The summed E-state index contributed by atoms with van der Waals surface area (Å²) in [6, 6.07) is 16.0. The quantitative estimate of drug-likeness (QED) is 0.270. The van der Waals surface area contributed by atoms with Crippen LogP contribution in [0.5, 0.6) is 0 Å². The van der Waals surface area contributed by atoms with E-state index in [-0.39, 0.29) is 17.6 Å². The van der Waals surface area contributed by atoms with Crippen molar-refractivity contribution >= 4 is 44.8 Å². The molecule has 2 aliphatic heterocycles. The zero-order valence-electron chi connectivity index (χ0n) is 25.0. The highest BCUT2D eigenvalue weighted by Gasteiger charge is 2.47. The Morgan fingerprint density at radius 2 is 1.67 bits per heavy atom. The van der Waals surface area contributed by atoms with Gasteiger partial charge >= 0.3 is 0 Å². The Kier molecular flexibility index (Phi) is 9.15. The maximum atomic E-state index is 14.3. The molecule has 2 aliphatic rings. The molecule has 1 unspecified atom stereocenters. The third kappa shape index (κ3) is 6.88. The topological polar surface area (TPSA) is 60.9 Å². The van der Waals surface area contributed by atoms with E-state index in [4.69, 9.17) is 23.2 Å². The largest absolute Gasteiger partial charge is 0.341 e. The number of aryl methyl sites for hydroxylation is 2. The van der Waals surface area contributed by atoms with Crippen LogP contribution in [0.15, 0.2) is 54.6 Å². The number of rotatable bonds is 8. The fraction of sp³-hybridized carbons (Fsp3) is 0.424. The lowest BCUT2D eigenvalue weighted by atomic mass is 9.74. The van der Waals surface area contributed by atoms with E-state index in [2.05, 4.69) is 11.0 Å². The molecule has 1 atom stereocenters. The van der Waals surface area contributed by atoms with Crippen molar-refractivity contribution in [2.24, 2.45) is 0 Å². The number of anilines is 1. The predicted molar refractivity (Wildman–Crippen MR) is 173 cm³/mol. The van der Waals surface area contributed by atoms with E-state index in [0.717, 1.165) is 61.2 Å². The van der Waals surface area contributed by atoms with Crippen LogP contribution in [0.4, 0.5) is 10.1 Å². The van der Waals surface area contributed by atoms with Crippen LogP contribution in [0.3, 0.4) is 0 Å². The van der Waals surface area contributed by atoms with Crippen LogP contribution >= 0.6 is 23.2 Å². The molecule has 0 aromatic heterocycles. The first-order chi connectivity index (χ1) is 20.3. The van der Waals surface area contributed by atoms with E-state index < -0.39 is 15.4 Å². The lowest BCUT2D eigenvalue weighted by molar-refractivity contribution is 0.0780. The van der Waals surface area contributed by atoms with Gasteiger partial charge < -0.3 is 9.80 Å². The first-order valence-corrected chi connectivity index (χ1v) is 17.1. The highest BCUT2D eigenvalue weighted by atomic mass is 35.5. The van der Waals surface area contributed by atoms with Crippen molar-refractivity contribution in [3.8, 4) is 0 Å². The van der Waals surface area contributed by atoms with Crippen molar-refractivity contribution in [2.45, 2.75) is 44.4 Å². The summed E-state index contributed by atoms with van der Waals surface area (Å²) in [4.78, 5) is 17.6. The Morgan fingerprint density at radius 3 is 2.30 bits per heavy atom. The van der Waals surface area contributed by atoms with E-state index >= 15 is 0 Å². The molecule has 230 valence electrons. The van der Waals surface area contributed by atoms with Crippen LogP contribution in [0.1, 0.15) is 57.8 Å². The molecule has 0 saturated carbocycles. The number of amides is 1. The number of piperidine rings is 1. The van der Waals surface area contributed by atoms with Crippen LogP contribution in [-0.4, -0.2) is 70.2 Å². The van der Waals surface area contributed by atoms with Crippen molar-refractivity contribution in [3.05, 3.63) is 98.3 Å². The van der Waals surface area contributed by atoms with Gasteiger partial charge in [0.05, 0.1) is 22.0 Å². The van der Waals surface area contributed by atoms with Gasteiger partial charge in [-0.2, -0.15) is 0 Å². The number of sulfonamides is 1. The van der Waals surface area contributed by atoms with Crippen LogP contribution < -0.4 is 4.31 Å². The molecule has 1 fully saturated rings. The SMILES string of the molecule is Cc1cc(C)cc(C(=O)N(C)CC(CCN2CCC3(CC2)CN(S(C)(=O)=O)c2ccc(F)cc23)c2ccc(Cl)c(Cl)c2)c1.